The van der Waals surface area contributed by atoms with E-state index in [1.807, 2.05) is 0 Å². The van der Waals surface area contributed by atoms with Gasteiger partial charge in [0.15, 0.2) is 0 Å². The Bertz CT molecular complexity index is 2060. The van der Waals surface area contributed by atoms with Crippen molar-refractivity contribution in [3.05, 3.63) is 153 Å². The summed E-state index contributed by atoms with van der Waals surface area (Å²) in [7, 11) is 0. The number of carbonyl (C=O) groups is 1. The van der Waals surface area contributed by atoms with E-state index in [4.69, 9.17) is 0 Å². The topological polar surface area (TPSA) is 23.6 Å². The van der Waals surface area contributed by atoms with Gasteiger partial charge in [-0.2, -0.15) is 0 Å². The third kappa shape index (κ3) is 8.95. The van der Waals surface area contributed by atoms with Gasteiger partial charge in [0.2, 0.25) is 0 Å². The van der Waals surface area contributed by atoms with Crippen molar-refractivity contribution in [1.82, 2.24) is 9.80 Å². The second-order valence-electron chi connectivity index (χ2n) is 19.6. The van der Waals surface area contributed by atoms with Crippen LogP contribution in [0.4, 0.5) is 0 Å². The number of ketones is 1. The summed E-state index contributed by atoms with van der Waals surface area (Å²) < 4.78 is 0. The van der Waals surface area contributed by atoms with Gasteiger partial charge < -0.3 is 9.80 Å². The van der Waals surface area contributed by atoms with Gasteiger partial charge >= 0.3 is 0 Å². The lowest BCUT2D eigenvalue weighted by Crippen LogP contribution is -2.40. The van der Waals surface area contributed by atoms with Crippen LogP contribution < -0.4 is 0 Å². The van der Waals surface area contributed by atoms with Gasteiger partial charge in [-0.25, -0.2) is 0 Å². The van der Waals surface area contributed by atoms with E-state index < -0.39 is 0 Å². The molecule has 0 spiro atoms. The summed E-state index contributed by atoms with van der Waals surface area (Å²) >= 11 is 0. The molecule has 0 N–H and O–H groups in total. The second-order valence-corrected chi connectivity index (χ2v) is 19.6. The minimum absolute atomic E-state index is 0.218. The molecule has 2 saturated carbocycles. The number of likely N-dealkylation sites (tertiary alicyclic amines) is 2. The molecule has 0 amide bonds. The van der Waals surface area contributed by atoms with Gasteiger partial charge in [-0.05, 0) is 145 Å². The van der Waals surface area contributed by atoms with Crippen LogP contribution in [0, 0.1) is 23.7 Å². The lowest BCUT2D eigenvalue weighted by molar-refractivity contribution is -0.132. The average Bonchev–Trinajstić information content (AvgIpc) is 3.61. The molecule has 3 nitrogen and oxygen atoms in total. The zero-order valence-corrected chi connectivity index (χ0v) is 37.2. The fourth-order valence-corrected chi connectivity index (χ4v) is 12.7. The number of piperidine rings is 2. The molecule has 4 fully saturated rings. The third-order valence-electron chi connectivity index (χ3n) is 16.1. The number of hydrogen-bond acceptors (Lipinski definition) is 3. The largest absolute Gasteiger partial charge is 0.303 e. The molecular weight excluding hydrogens is 753 g/mol. The highest BCUT2D eigenvalue weighted by atomic mass is 16.1. The van der Waals surface area contributed by atoms with E-state index in [2.05, 4.69) is 131 Å². The van der Waals surface area contributed by atoms with Crippen LogP contribution in [-0.2, 0) is 4.79 Å². The maximum Gasteiger partial charge on any atom is 0.139 e. The molecule has 2 saturated heterocycles. The molecule has 0 bridgehead atoms. The van der Waals surface area contributed by atoms with Crippen LogP contribution in [0.3, 0.4) is 0 Å². The van der Waals surface area contributed by atoms with Crippen molar-refractivity contribution in [3.8, 4) is 0 Å². The van der Waals surface area contributed by atoms with E-state index in [1.54, 1.807) is 11.1 Å². The van der Waals surface area contributed by atoms with Crippen LogP contribution in [0.15, 0.2) is 108 Å². The van der Waals surface area contributed by atoms with E-state index in [1.165, 1.54) is 120 Å². The molecule has 320 valence electrons. The monoisotopic (exact) mass is 821 g/mol. The third-order valence-corrected chi connectivity index (χ3v) is 16.1. The Morgan fingerprint density at radius 1 is 0.435 bits per heavy atom. The van der Waals surface area contributed by atoms with E-state index in [0.29, 0.717) is 17.6 Å². The van der Waals surface area contributed by atoms with Crippen molar-refractivity contribution in [2.75, 3.05) is 39.3 Å². The summed E-state index contributed by atoms with van der Waals surface area (Å²) in [6.07, 6.45) is 28.6. The Labute approximate surface area is 372 Å². The summed E-state index contributed by atoms with van der Waals surface area (Å²) in [5, 5.41) is 0. The van der Waals surface area contributed by atoms with E-state index in [9.17, 15) is 0 Å². The zero-order chi connectivity index (χ0) is 41.7. The highest BCUT2D eigenvalue weighted by molar-refractivity contribution is 5.96. The highest BCUT2D eigenvalue weighted by Gasteiger charge is 2.38. The van der Waals surface area contributed by atoms with Crippen molar-refractivity contribution < 1.29 is 4.79 Å². The molecule has 2 aliphatic heterocycles. The lowest BCUT2D eigenvalue weighted by Gasteiger charge is -2.38. The number of benzene rings is 4. The number of fused-ring (bicyclic) bond motifs is 4. The van der Waals surface area contributed by atoms with E-state index in [-0.39, 0.29) is 11.8 Å². The molecular formula is C59H68N2O. The molecule has 2 atom stereocenters. The number of hydrogen-bond donors (Lipinski definition) is 0. The molecule has 0 aromatic heterocycles. The van der Waals surface area contributed by atoms with Gasteiger partial charge in [0.25, 0.3) is 0 Å². The van der Waals surface area contributed by atoms with Crippen molar-refractivity contribution in [1.29, 1.82) is 0 Å². The molecule has 4 aromatic carbocycles. The smallest absolute Gasteiger partial charge is 0.139 e. The first-order valence-corrected chi connectivity index (χ1v) is 24.8. The Hall–Kier alpha value is -4.57. The van der Waals surface area contributed by atoms with Crippen molar-refractivity contribution in [3.63, 3.8) is 0 Å². The standard InChI is InChI=1S/C59H68N2O/c62-59(55(43-15-3-1-4-16-43)35-41-60-37-31-49(32-38-60)57-51-23-11-7-19-45(51)27-28-46-20-8-12-24-52(46)57)56(44-17-5-2-6-18-44)36-42-61-39-33-50(34-40-61)58-53-25-13-9-21-47(53)29-30-48-22-10-14-26-54(48)58/h7-14,19-30,43-44,55-56H,1-6,15-18,31-42H2. The minimum Gasteiger partial charge on any atom is -0.303 e. The summed E-state index contributed by atoms with van der Waals surface area (Å²) in [5.41, 5.74) is 16.9. The summed E-state index contributed by atoms with van der Waals surface area (Å²) in [6.45, 7) is 6.49. The Morgan fingerprint density at radius 2 is 0.742 bits per heavy atom. The number of nitrogens with zero attached hydrogens (tertiary/aromatic N) is 2. The molecule has 6 aliphatic rings. The van der Waals surface area contributed by atoms with Crippen molar-refractivity contribution >= 4 is 41.2 Å². The van der Waals surface area contributed by atoms with Gasteiger partial charge in [0.05, 0.1) is 0 Å². The lowest BCUT2D eigenvalue weighted by atomic mass is 9.68. The van der Waals surface area contributed by atoms with E-state index >= 15 is 4.79 Å². The number of Topliss-reactive ketones (excluding diaryl/α,β-unsaturated/α-hetero) is 1. The molecule has 62 heavy (non-hydrogen) atoms. The van der Waals surface area contributed by atoms with Crippen LogP contribution in [0.1, 0.15) is 147 Å². The van der Waals surface area contributed by atoms with Crippen LogP contribution >= 0.6 is 0 Å². The average molecular weight is 821 g/mol. The van der Waals surface area contributed by atoms with Crippen LogP contribution in [0.5, 0.6) is 0 Å². The normalized spacial score (nSPS) is 21.0. The molecule has 3 heteroatoms. The number of carbonyl (C=O) groups excluding carboxylic acids is 1. The summed E-state index contributed by atoms with van der Waals surface area (Å²) in [6, 6.07) is 35.9. The molecule has 2 heterocycles. The highest BCUT2D eigenvalue weighted by Crippen LogP contribution is 2.43. The first kappa shape index (κ1) is 41.4. The maximum absolute atomic E-state index is 15.4. The first-order chi connectivity index (χ1) is 30.7. The van der Waals surface area contributed by atoms with Crippen molar-refractivity contribution in [2.45, 2.75) is 103 Å². The van der Waals surface area contributed by atoms with Crippen LogP contribution in [0.2, 0.25) is 0 Å². The molecule has 4 aliphatic carbocycles. The van der Waals surface area contributed by atoms with Gasteiger partial charge in [-0.15, -0.1) is 0 Å². The van der Waals surface area contributed by atoms with Crippen LogP contribution in [0.25, 0.3) is 35.5 Å². The Morgan fingerprint density at radius 3 is 1.06 bits per heavy atom. The Kier molecular flexibility index (Phi) is 13.0. The second kappa shape index (κ2) is 19.4. The molecule has 2 unspecified atom stereocenters. The van der Waals surface area contributed by atoms with Gasteiger partial charge in [0, 0.05) is 38.0 Å². The summed E-state index contributed by atoms with van der Waals surface area (Å²) in [4.78, 5) is 20.8. The molecule has 0 radical (unpaired) electrons. The van der Waals surface area contributed by atoms with Gasteiger partial charge in [-0.1, -0.05) is 171 Å². The fraction of sp³-hybridized carbons (Fsp3) is 0.441. The molecule has 4 aromatic rings. The van der Waals surface area contributed by atoms with E-state index in [0.717, 1.165) is 77.8 Å². The zero-order valence-electron chi connectivity index (χ0n) is 37.2. The number of rotatable bonds is 10. The molecule has 10 rings (SSSR count). The predicted molar refractivity (Wildman–Crippen MR) is 261 cm³/mol. The summed E-state index contributed by atoms with van der Waals surface area (Å²) in [5.74, 6) is 2.24. The quantitative estimate of drug-likeness (QED) is 0.138. The van der Waals surface area contributed by atoms with Gasteiger partial charge in [0.1, 0.15) is 5.78 Å². The first-order valence-electron chi connectivity index (χ1n) is 24.8. The maximum atomic E-state index is 15.4. The Balaban J connectivity index is 0.831. The minimum atomic E-state index is 0.218. The fourth-order valence-electron chi connectivity index (χ4n) is 12.7. The van der Waals surface area contributed by atoms with Crippen molar-refractivity contribution in [2.24, 2.45) is 23.7 Å². The van der Waals surface area contributed by atoms with Gasteiger partial charge in [-0.3, -0.25) is 4.79 Å². The SMILES string of the molecule is O=C(C(CCN1CCC(=C2c3ccccc3C=Cc3ccccc32)CC1)C1CCCCC1)C(CCN1CCC(=C2c3ccccc3C=Cc3ccccc32)CC1)C1CCCCC1. The predicted octanol–water partition coefficient (Wildman–Crippen LogP) is 13.9. The van der Waals surface area contributed by atoms with Crippen LogP contribution in [-0.4, -0.2) is 54.9 Å².